The fourth-order valence-corrected chi connectivity index (χ4v) is 0.864. The van der Waals surface area contributed by atoms with Gasteiger partial charge in [0.2, 0.25) is 0 Å². The second-order valence-electron chi connectivity index (χ2n) is 3.09. The Morgan fingerprint density at radius 2 is 2.14 bits per heavy atom. The minimum Gasteiger partial charge on any atom is -0.319 e. The van der Waals surface area contributed by atoms with Crippen LogP contribution >= 0.6 is 0 Å². The minimum absolute atomic E-state index is 0.275. The Labute approximate surface area is 80.2 Å². The molecule has 1 amide bonds. The lowest BCUT2D eigenvalue weighted by atomic mass is 10.3. The number of amides is 1. The van der Waals surface area contributed by atoms with Gasteiger partial charge in [0.25, 0.3) is 5.91 Å². The summed E-state index contributed by atoms with van der Waals surface area (Å²) in [6.45, 7) is 2.30. The van der Waals surface area contributed by atoms with Crippen LogP contribution in [0.15, 0.2) is 18.5 Å². The smallest absolute Gasteiger partial charge is 0.319 e. The molecule has 3 nitrogen and oxygen atoms in total. The molecule has 1 aromatic rings. The van der Waals surface area contributed by atoms with E-state index in [4.69, 9.17) is 0 Å². The minimum atomic E-state index is -3.37. The van der Waals surface area contributed by atoms with Crippen molar-refractivity contribution in [3.63, 3.8) is 0 Å². The first-order valence-electron chi connectivity index (χ1n) is 4.00. The number of hydrogen-bond donors (Lipinski definition) is 1. The summed E-state index contributed by atoms with van der Waals surface area (Å²) in [7, 11) is 0. The second kappa shape index (κ2) is 3.69. The maximum absolute atomic E-state index is 12.5. The van der Waals surface area contributed by atoms with Gasteiger partial charge in [0, 0.05) is 13.1 Å². The third-order valence-corrected chi connectivity index (χ3v) is 1.53. The van der Waals surface area contributed by atoms with E-state index < -0.39 is 11.8 Å². The zero-order valence-corrected chi connectivity index (χ0v) is 7.84. The maximum Gasteiger partial charge on any atom is 0.322 e. The van der Waals surface area contributed by atoms with Crippen molar-refractivity contribution in [3.8, 4) is 0 Å². The highest BCUT2D eigenvalue weighted by Crippen LogP contribution is 2.15. The van der Waals surface area contributed by atoms with Crippen molar-refractivity contribution in [2.24, 2.45) is 0 Å². The summed E-state index contributed by atoms with van der Waals surface area (Å²) in [5.74, 6) is -4.70. The Hall–Kier alpha value is -1.52. The van der Waals surface area contributed by atoms with Gasteiger partial charge in [0.1, 0.15) is 0 Å². The molecule has 0 aliphatic heterocycles. The Morgan fingerprint density at radius 3 is 2.64 bits per heavy atom. The lowest BCUT2D eigenvalue weighted by Gasteiger charge is -2.10. The number of rotatable bonds is 2. The van der Waals surface area contributed by atoms with Crippen LogP contribution in [0.5, 0.6) is 0 Å². The predicted molar refractivity (Wildman–Crippen MR) is 48.2 cm³/mol. The molecule has 0 aliphatic carbocycles. The van der Waals surface area contributed by atoms with Crippen molar-refractivity contribution >= 4 is 11.6 Å². The molecule has 0 aliphatic rings. The molecule has 0 atom stereocenters. The number of aryl methyl sites for hydroxylation is 1. The van der Waals surface area contributed by atoms with Crippen molar-refractivity contribution in [2.75, 3.05) is 5.32 Å². The number of nitrogens with one attached hydrogen (secondary N) is 1. The van der Waals surface area contributed by atoms with Crippen LogP contribution in [0.3, 0.4) is 0 Å². The SMILES string of the molecule is Cc1cncc(NC(=O)C(C)(F)F)c1. The highest BCUT2D eigenvalue weighted by molar-refractivity contribution is 5.95. The van der Waals surface area contributed by atoms with Crippen LogP contribution < -0.4 is 5.32 Å². The van der Waals surface area contributed by atoms with Crippen molar-refractivity contribution in [1.29, 1.82) is 0 Å². The molecule has 0 radical (unpaired) electrons. The number of anilines is 1. The number of pyridine rings is 1. The van der Waals surface area contributed by atoms with Crippen LogP contribution in [0, 0.1) is 6.92 Å². The zero-order chi connectivity index (χ0) is 10.8. The van der Waals surface area contributed by atoms with E-state index in [9.17, 15) is 13.6 Å². The fourth-order valence-electron chi connectivity index (χ4n) is 0.864. The quantitative estimate of drug-likeness (QED) is 0.793. The molecule has 1 heterocycles. The first-order valence-corrected chi connectivity index (χ1v) is 4.00. The molecule has 0 bridgehead atoms. The normalized spacial score (nSPS) is 11.1. The van der Waals surface area contributed by atoms with Crippen LogP contribution in [0.4, 0.5) is 14.5 Å². The van der Waals surface area contributed by atoms with Gasteiger partial charge in [-0.2, -0.15) is 8.78 Å². The average molecular weight is 200 g/mol. The number of aromatic nitrogens is 1. The topological polar surface area (TPSA) is 42.0 Å². The summed E-state index contributed by atoms with van der Waals surface area (Å²) < 4.78 is 24.9. The van der Waals surface area contributed by atoms with Crippen LogP contribution in [-0.2, 0) is 4.79 Å². The molecule has 0 spiro atoms. The van der Waals surface area contributed by atoms with Gasteiger partial charge in [-0.15, -0.1) is 0 Å². The zero-order valence-electron chi connectivity index (χ0n) is 7.84. The van der Waals surface area contributed by atoms with E-state index in [-0.39, 0.29) is 5.69 Å². The number of hydrogen-bond acceptors (Lipinski definition) is 2. The number of carbonyl (C=O) groups is 1. The number of halogens is 2. The Balaban J connectivity index is 2.75. The van der Waals surface area contributed by atoms with E-state index in [1.54, 1.807) is 19.2 Å². The molecule has 1 aromatic heterocycles. The van der Waals surface area contributed by atoms with Gasteiger partial charge >= 0.3 is 5.92 Å². The predicted octanol–water partition coefficient (Wildman–Crippen LogP) is 1.98. The standard InChI is InChI=1S/C9H10F2N2O/c1-6-3-7(5-12-4-6)13-8(14)9(2,10)11/h3-5H,1-2H3,(H,13,14). The van der Waals surface area contributed by atoms with Gasteiger partial charge in [-0.05, 0) is 18.6 Å². The van der Waals surface area contributed by atoms with Crippen molar-refractivity contribution in [2.45, 2.75) is 19.8 Å². The molecule has 14 heavy (non-hydrogen) atoms. The van der Waals surface area contributed by atoms with E-state index in [1.165, 1.54) is 6.20 Å². The van der Waals surface area contributed by atoms with Gasteiger partial charge in [0.05, 0.1) is 11.9 Å². The van der Waals surface area contributed by atoms with Crippen LogP contribution in [-0.4, -0.2) is 16.8 Å². The van der Waals surface area contributed by atoms with Gasteiger partial charge in [-0.3, -0.25) is 9.78 Å². The van der Waals surface area contributed by atoms with E-state index in [0.717, 1.165) is 5.56 Å². The van der Waals surface area contributed by atoms with Crippen molar-refractivity contribution in [3.05, 3.63) is 24.0 Å². The molecule has 0 saturated carbocycles. The first-order chi connectivity index (χ1) is 6.39. The van der Waals surface area contributed by atoms with E-state index in [2.05, 4.69) is 10.3 Å². The summed E-state index contributed by atoms with van der Waals surface area (Å²) >= 11 is 0. The Kier molecular flexibility index (Phi) is 2.78. The average Bonchev–Trinajstić information content (AvgIpc) is 2.02. The highest BCUT2D eigenvalue weighted by atomic mass is 19.3. The van der Waals surface area contributed by atoms with Gasteiger partial charge in [0.15, 0.2) is 0 Å². The molecule has 0 saturated heterocycles. The largest absolute Gasteiger partial charge is 0.322 e. The molecule has 1 rings (SSSR count). The monoisotopic (exact) mass is 200 g/mol. The third kappa shape index (κ3) is 2.76. The molecule has 0 aromatic carbocycles. The van der Waals surface area contributed by atoms with E-state index >= 15 is 0 Å². The van der Waals surface area contributed by atoms with Crippen LogP contribution in [0.2, 0.25) is 0 Å². The summed E-state index contributed by atoms with van der Waals surface area (Å²) in [5, 5.41) is 2.07. The molecule has 5 heteroatoms. The van der Waals surface area contributed by atoms with Gasteiger partial charge in [-0.1, -0.05) is 0 Å². The van der Waals surface area contributed by atoms with E-state index in [1.807, 2.05) is 0 Å². The summed E-state index contributed by atoms with van der Waals surface area (Å²) in [5.41, 5.74) is 1.07. The maximum atomic E-state index is 12.5. The molecule has 0 fully saturated rings. The van der Waals surface area contributed by atoms with Crippen LogP contribution in [0.1, 0.15) is 12.5 Å². The number of alkyl halides is 2. The number of nitrogens with zero attached hydrogens (tertiary/aromatic N) is 1. The number of carbonyl (C=O) groups excluding carboxylic acids is 1. The Bertz CT molecular complexity index is 347. The second-order valence-corrected chi connectivity index (χ2v) is 3.09. The highest BCUT2D eigenvalue weighted by Gasteiger charge is 2.32. The Morgan fingerprint density at radius 1 is 1.50 bits per heavy atom. The summed E-state index contributed by atoms with van der Waals surface area (Å²) in [4.78, 5) is 14.6. The first kappa shape index (κ1) is 10.6. The van der Waals surface area contributed by atoms with E-state index in [0.29, 0.717) is 6.92 Å². The van der Waals surface area contributed by atoms with Crippen molar-refractivity contribution < 1.29 is 13.6 Å². The lowest BCUT2D eigenvalue weighted by molar-refractivity contribution is -0.137. The molecule has 76 valence electrons. The van der Waals surface area contributed by atoms with Crippen LogP contribution in [0.25, 0.3) is 0 Å². The van der Waals surface area contributed by atoms with Crippen molar-refractivity contribution in [1.82, 2.24) is 4.98 Å². The van der Waals surface area contributed by atoms with Gasteiger partial charge < -0.3 is 5.32 Å². The molecule has 0 unspecified atom stereocenters. The summed E-state index contributed by atoms with van der Waals surface area (Å²) in [6.07, 6.45) is 2.89. The summed E-state index contributed by atoms with van der Waals surface area (Å²) in [6, 6.07) is 1.57. The fraction of sp³-hybridized carbons (Fsp3) is 0.333. The van der Waals surface area contributed by atoms with Gasteiger partial charge in [-0.25, -0.2) is 0 Å². The molecular weight excluding hydrogens is 190 g/mol. The molecule has 1 N–H and O–H groups in total. The third-order valence-electron chi connectivity index (χ3n) is 1.53. The lowest BCUT2D eigenvalue weighted by Crippen LogP contribution is -2.31. The molecular formula is C9H10F2N2O.